The number of hydrogen-bond acceptors (Lipinski definition) is 4. The third-order valence-corrected chi connectivity index (χ3v) is 2.94. The Kier molecular flexibility index (Phi) is 6.84. The van der Waals surface area contributed by atoms with Crippen LogP contribution in [0.25, 0.3) is 0 Å². The number of thioether (sulfide) groups is 1. The van der Waals surface area contributed by atoms with Crippen LogP contribution in [-0.2, 0) is 6.42 Å². The second-order valence-corrected chi connectivity index (χ2v) is 4.60. The zero-order valence-corrected chi connectivity index (χ0v) is 10.6. The summed E-state index contributed by atoms with van der Waals surface area (Å²) in [5, 5.41) is 8.21. The predicted octanol–water partition coefficient (Wildman–Crippen LogP) is 4.06. The normalized spacial score (nSPS) is 10.5. The molecule has 0 N–H and O–H groups in total. The van der Waals surface area contributed by atoms with Crippen LogP contribution in [0.1, 0.15) is 38.5 Å². The van der Waals surface area contributed by atoms with Gasteiger partial charge in [-0.3, -0.25) is 0 Å². The summed E-state index contributed by atoms with van der Waals surface area (Å²) >= 11 is 1.30. The molecule has 0 aliphatic rings. The van der Waals surface area contributed by atoms with Crippen LogP contribution in [0.5, 0.6) is 0 Å². The minimum absolute atomic E-state index is 0.306. The lowest BCUT2D eigenvalue weighted by Crippen LogP contribution is -1.84. The number of aromatic nitrogens is 2. The first kappa shape index (κ1) is 14.2. The molecule has 6 heteroatoms. The summed E-state index contributed by atoms with van der Waals surface area (Å²) in [6, 6.07) is 0. The number of halogens is 2. The fraction of sp³-hybridized carbons (Fsp3) is 0.636. The van der Waals surface area contributed by atoms with Gasteiger partial charge in [0.05, 0.1) is 0 Å². The van der Waals surface area contributed by atoms with Crippen LogP contribution in [0, 0.1) is 0 Å². The van der Waals surface area contributed by atoms with E-state index in [1.165, 1.54) is 11.8 Å². The zero-order chi connectivity index (χ0) is 12.5. The fourth-order valence-electron chi connectivity index (χ4n) is 1.24. The van der Waals surface area contributed by atoms with Gasteiger partial charge in [0, 0.05) is 12.2 Å². The second-order valence-electron chi connectivity index (χ2n) is 3.55. The van der Waals surface area contributed by atoms with Crippen molar-refractivity contribution >= 4 is 11.8 Å². The van der Waals surface area contributed by atoms with Crippen LogP contribution < -0.4 is 0 Å². The smallest absolute Gasteiger partial charge is 0.276 e. The largest absolute Gasteiger partial charge is 0.416 e. The van der Waals surface area contributed by atoms with E-state index in [1.807, 2.05) is 0 Å². The highest BCUT2D eigenvalue weighted by molar-refractivity contribution is 7.99. The third kappa shape index (κ3) is 6.41. The molecule has 0 amide bonds. The van der Waals surface area contributed by atoms with Gasteiger partial charge < -0.3 is 4.42 Å². The van der Waals surface area contributed by atoms with Crippen molar-refractivity contribution < 1.29 is 13.2 Å². The van der Waals surface area contributed by atoms with Gasteiger partial charge in [-0.05, 0) is 18.9 Å². The molecule has 0 spiro atoms. The molecule has 17 heavy (non-hydrogen) atoms. The molecule has 0 radical (unpaired) electrons. The van der Waals surface area contributed by atoms with Crippen molar-refractivity contribution in [2.45, 2.75) is 44.3 Å². The van der Waals surface area contributed by atoms with Crippen molar-refractivity contribution in [1.29, 1.82) is 0 Å². The number of nitrogens with zero attached hydrogens (tertiary/aromatic N) is 2. The molecule has 1 aromatic rings. The minimum Gasteiger partial charge on any atom is -0.416 e. The second kappa shape index (κ2) is 8.22. The Morgan fingerprint density at radius 1 is 1.35 bits per heavy atom. The van der Waals surface area contributed by atoms with Gasteiger partial charge in [-0.1, -0.05) is 31.5 Å². The van der Waals surface area contributed by atoms with Gasteiger partial charge in [0.15, 0.2) is 0 Å². The number of rotatable bonds is 8. The molecule has 0 aliphatic carbocycles. The zero-order valence-electron chi connectivity index (χ0n) is 9.79. The van der Waals surface area contributed by atoms with Crippen LogP contribution >= 0.6 is 11.8 Å². The fourth-order valence-corrected chi connectivity index (χ4v) is 1.90. The molecule has 0 bridgehead atoms. The third-order valence-electron chi connectivity index (χ3n) is 2.08. The first-order valence-electron chi connectivity index (χ1n) is 5.68. The van der Waals surface area contributed by atoms with E-state index in [0.717, 1.165) is 31.8 Å². The summed E-state index contributed by atoms with van der Waals surface area (Å²) in [5.74, 6) is 1.15. The van der Waals surface area contributed by atoms with Crippen molar-refractivity contribution in [1.82, 2.24) is 10.2 Å². The van der Waals surface area contributed by atoms with Gasteiger partial charge in [-0.15, -0.1) is 10.2 Å². The number of unbranched alkanes of at least 4 members (excludes halogenated alkanes) is 2. The van der Waals surface area contributed by atoms with Gasteiger partial charge in [0.25, 0.3) is 11.3 Å². The molecule has 0 aromatic carbocycles. The van der Waals surface area contributed by atoms with Crippen LogP contribution in [0.15, 0.2) is 21.8 Å². The van der Waals surface area contributed by atoms with E-state index in [1.54, 1.807) is 0 Å². The van der Waals surface area contributed by atoms with Crippen molar-refractivity contribution in [2.24, 2.45) is 0 Å². The van der Waals surface area contributed by atoms with Crippen LogP contribution in [0.2, 0.25) is 0 Å². The summed E-state index contributed by atoms with van der Waals surface area (Å²) in [5.41, 5.74) is 0. The molecule has 0 atom stereocenters. The molecule has 3 nitrogen and oxygen atoms in total. The van der Waals surface area contributed by atoms with E-state index in [0.29, 0.717) is 23.3 Å². The molecular formula is C11H16F2N2OS. The Balaban J connectivity index is 2.23. The Morgan fingerprint density at radius 3 is 2.88 bits per heavy atom. The SMILES string of the molecule is CCCCCc1nnc(SCCC=C(F)F)o1. The van der Waals surface area contributed by atoms with Crippen molar-refractivity contribution in [3.05, 3.63) is 18.0 Å². The van der Waals surface area contributed by atoms with E-state index in [-0.39, 0.29) is 0 Å². The van der Waals surface area contributed by atoms with Gasteiger partial charge in [-0.2, -0.15) is 8.78 Å². The van der Waals surface area contributed by atoms with Crippen molar-refractivity contribution in [3.63, 3.8) is 0 Å². The number of aryl methyl sites for hydroxylation is 1. The molecule has 0 saturated heterocycles. The Morgan fingerprint density at radius 2 is 2.18 bits per heavy atom. The Bertz CT molecular complexity index is 351. The highest BCUT2D eigenvalue weighted by Crippen LogP contribution is 2.18. The van der Waals surface area contributed by atoms with Gasteiger partial charge in [-0.25, -0.2) is 0 Å². The quantitative estimate of drug-likeness (QED) is 0.523. The lowest BCUT2D eigenvalue weighted by molar-refractivity contribution is 0.407. The maximum atomic E-state index is 11.7. The van der Waals surface area contributed by atoms with Crippen molar-refractivity contribution in [3.8, 4) is 0 Å². The molecule has 0 unspecified atom stereocenters. The van der Waals surface area contributed by atoms with Gasteiger partial charge in [0.1, 0.15) is 0 Å². The maximum Gasteiger partial charge on any atom is 0.276 e. The van der Waals surface area contributed by atoms with Crippen molar-refractivity contribution in [2.75, 3.05) is 5.75 Å². The molecule has 0 aliphatic heterocycles. The summed E-state index contributed by atoms with van der Waals surface area (Å²) in [4.78, 5) is 0. The van der Waals surface area contributed by atoms with E-state index < -0.39 is 6.08 Å². The van der Waals surface area contributed by atoms with E-state index in [4.69, 9.17) is 4.42 Å². The van der Waals surface area contributed by atoms with Gasteiger partial charge >= 0.3 is 0 Å². The van der Waals surface area contributed by atoms with E-state index >= 15 is 0 Å². The maximum absolute atomic E-state index is 11.7. The lowest BCUT2D eigenvalue weighted by Gasteiger charge is -1.93. The molecule has 0 saturated carbocycles. The first-order valence-corrected chi connectivity index (χ1v) is 6.67. The lowest BCUT2D eigenvalue weighted by atomic mass is 10.2. The highest BCUT2D eigenvalue weighted by Gasteiger charge is 2.05. The summed E-state index contributed by atoms with van der Waals surface area (Å²) in [6.07, 6.45) is 3.68. The van der Waals surface area contributed by atoms with Crippen LogP contribution in [0.4, 0.5) is 8.78 Å². The van der Waals surface area contributed by atoms with Crippen LogP contribution in [-0.4, -0.2) is 16.0 Å². The number of allylic oxidation sites excluding steroid dienone is 1. The minimum atomic E-state index is -1.64. The monoisotopic (exact) mass is 262 g/mol. The van der Waals surface area contributed by atoms with E-state index in [9.17, 15) is 8.78 Å². The number of hydrogen-bond donors (Lipinski definition) is 0. The predicted molar refractivity (Wildman–Crippen MR) is 63.2 cm³/mol. The molecular weight excluding hydrogens is 246 g/mol. The highest BCUT2D eigenvalue weighted by atomic mass is 32.2. The average molecular weight is 262 g/mol. The van der Waals surface area contributed by atoms with E-state index in [2.05, 4.69) is 17.1 Å². The summed E-state index contributed by atoms with van der Waals surface area (Å²) in [7, 11) is 0. The van der Waals surface area contributed by atoms with Crippen LogP contribution in [0.3, 0.4) is 0 Å². The molecule has 1 heterocycles. The first-order chi connectivity index (χ1) is 8.22. The standard InChI is InChI=1S/C11H16F2N2OS/c1-2-3-4-7-10-14-15-11(16-10)17-8-5-6-9(12)13/h6H,2-5,7-8H2,1H3. The molecule has 1 aromatic heterocycles. The Hall–Kier alpha value is -0.910. The summed E-state index contributed by atoms with van der Waals surface area (Å²) in [6.45, 7) is 2.13. The topological polar surface area (TPSA) is 38.9 Å². The molecule has 96 valence electrons. The summed E-state index contributed by atoms with van der Waals surface area (Å²) < 4.78 is 28.8. The average Bonchev–Trinajstić information content (AvgIpc) is 2.73. The molecule has 0 fully saturated rings. The Labute approximate surface area is 104 Å². The molecule has 1 rings (SSSR count). The van der Waals surface area contributed by atoms with Gasteiger partial charge in [0.2, 0.25) is 5.89 Å².